The molecular weight excluding hydrogens is 586 g/mol. The van der Waals surface area contributed by atoms with Crippen LogP contribution in [0.4, 0.5) is 0 Å². The summed E-state index contributed by atoms with van der Waals surface area (Å²) in [5.41, 5.74) is 8.71. The summed E-state index contributed by atoms with van der Waals surface area (Å²) in [7, 11) is 0. The standard InChI is InChI=1S/C40H73N3O4/c1-3-5-7-9-11-13-15-17-19-21-23-25-27-29-31-33-39(44)46-36-38(35-42-43-41)37-47-40(45)34-32-30-28-26-24-22-20-18-16-14-12-10-8-6-4-2/h17-20,38H,3-16,21-37H2,1-2H3/b19-17-,20-18-. The number of rotatable bonds is 36. The van der Waals surface area contributed by atoms with Gasteiger partial charge in [-0.3, -0.25) is 9.59 Å². The van der Waals surface area contributed by atoms with Gasteiger partial charge in [0.1, 0.15) is 0 Å². The molecule has 7 nitrogen and oxygen atoms in total. The van der Waals surface area contributed by atoms with Gasteiger partial charge in [-0.1, -0.05) is 146 Å². The number of hydrogen-bond acceptors (Lipinski definition) is 5. The van der Waals surface area contributed by atoms with Gasteiger partial charge < -0.3 is 9.47 Å². The molecule has 0 aliphatic carbocycles. The van der Waals surface area contributed by atoms with Crippen molar-refractivity contribution in [1.82, 2.24) is 0 Å². The van der Waals surface area contributed by atoms with E-state index in [-0.39, 0.29) is 37.6 Å². The highest BCUT2D eigenvalue weighted by molar-refractivity contribution is 5.69. The second kappa shape index (κ2) is 38.2. The van der Waals surface area contributed by atoms with E-state index >= 15 is 0 Å². The van der Waals surface area contributed by atoms with E-state index in [1.807, 2.05) is 0 Å². The van der Waals surface area contributed by atoms with Crippen molar-refractivity contribution in [2.45, 2.75) is 194 Å². The number of carbonyl (C=O) groups excluding carboxylic acids is 2. The second-order valence-corrected chi connectivity index (χ2v) is 13.3. The van der Waals surface area contributed by atoms with Crippen LogP contribution in [0.2, 0.25) is 0 Å². The van der Waals surface area contributed by atoms with Crippen molar-refractivity contribution in [1.29, 1.82) is 0 Å². The van der Waals surface area contributed by atoms with E-state index in [1.165, 1.54) is 116 Å². The Morgan fingerprint density at radius 3 is 1.19 bits per heavy atom. The average Bonchev–Trinajstić information content (AvgIpc) is 3.07. The van der Waals surface area contributed by atoms with E-state index in [0.717, 1.165) is 51.4 Å². The van der Waals surface area contributed by atoms with Gasteiger partial charge in [0.05, 0.1) is 13.2 Å². The number of azide groups is 1. The molecule has 47 heavy (non-hydrogen) atoms. The summed E-state index contributed by atoms with van der Waals surface area (Å²) in [5, 5.41) is 3.61. The highest BCUT2D eigenvalue weighted by Gasteiger charge is 2.14. The number of esters is 2. The van der Waals surface area contributed by atoms with Crippen LogP contribution in [0, 0.1) is 5.92 Å². The monoisotopic (exact) mass is 660 g/mol. The van der Waals surface area contributed by atoms with Crippen molar-refractivity contribution in [2.75, 3.05) is 19.8 Å². The van der Waals surface area contributed by atoms with Crippen molar-refractivity contribution in [2.24, 2.45) is 11.0 Å². The van der Waals surface area contributed by atoms with E-state index in [0.29, 0.717) is 12.8 Å². The summed E-state index contributed by atoms with van der Waals surface area (Å²) < 4.78 is 10.8. The van der Waals surface area contributed by atoms with Gasteiger partial charge in [0.25, 0.3) is 0 Å². The molecule has 272 valence electrons. The third kappa shape index (κ3) is 36.4. The van der Waals surface area contributed by atoms with E-state index < -0.39 is 0 Å². The molecule has 0 bridgehead atoms. The Morgan fingerprint density at radius 1 is 0.532 bits per heavy atom. The maximum Gasteiger partial charge on any atom is 0.305 e. The highest BCUT2D eigenvalue weighted by atomic mass is 16.5. The molecule has 0 N–H and O–H groups in total. The zero-order valence-electron chi connectivity index (χ0n) is 30.8. The van der Waals surface area contributed by atoms with Crippen LogP contribution >= 0.6 is 0 Å². The maximum atomic E-state index is 12.2. The first kappa shape index (κ1) is 44.7. The molecule has 0 aromatic heterocycles. The predicted molar refractivity (Wildman–Crippen MR) is 198 cm³/mol. The smallest absolute Gasteiger partial charge is 0.305 e. The van der Waals surface area contributed by atoms with Crippen LogP contribution in [0.5, 0.6) is 0 Å². The van der Waals surface area contributed by atoms with Crippen LogP contribution in [0.15, 0.2) is 29.4 Å². The summed E-state index contributed by atoms with van der Waals surface area (Å²) >= 11 is 0. The Labute approximate surface area is 289 Å². The topological polar surface area (TPSA) is 101 Å². The van der Waals surface area contributed by atoms with Crippen LogP contribution in [0.1, 0.15) is 194 Å². The van der Waals surface area contributed by atoms with Gasteiger partial charge in [0.15, 0.2) is 0 Å². The fraction of sp³-hybridized carbons (Fsp3) is 0.850. The molecule has 0 spiro atoms. The second-order valence-electron chi connectivity index (χ2n) is 13.3. The summed E-state index contributed by atoms with van der Waals surface area (Å²) in [5.74, 6) is -0.802. The molecule has 0 unspecified atom stereocenters. The molecular formula is C40H73N3O4. The minimum absolute atomic E-state index is 0.101. The van der Waals surface area contributed by atoms with E-state index in [1.54, 1.807) is 0 Å². The lowest BCUT2D eigenvalue weighted by Crippen LogP contribution is -2.23. The van der Waals surface area contributed by atoms with Crippen molar-refractivity contribution >= 4 is 11.9 Å². The maximum absolute atomic E-state index is 12.2. The molecule has 0 radical (unpaired) electrons. The van der Waals surface area contributed by atoms with Crippen LogP contribution in [-0.4, -0.2) is 31.7 Å². The van der Waals surface area contributed by atoms with Crippen molar-refractivity contribution in [3.63, 3.8) is 0 Å². The zero-order chi connectivity index (χ0) is 34.3. The van der Waals surface area contributed by atoms with Crippen molar-refractivity contribution in [3.8, 4) is 0 Å². The largest absolute Gasteiger partial charge is 0.465 e. The zero-order valence-corrected chi connectivity index (χ0v) is 30.8. The average molecular weight is 660 g/mol. The third-order valence-corrected chi connectivity index (χ3v) is 8.65. The number of ether oxygens (including phenoxy) is 2. The molecule has 0 fully saturated rings. The van der Waals surface area contributed by atoms with Gasteiger partial charge in [-0.2, -0.15) is 0 Å². The molecule has 0 rings (SSSR count). The molecule has 0 aromatic carbocycles. The van der Waals surface area contributed by atoms with Crippen molar-refractivity contribution < 1.29 is 19.1 Å². The van der Waals surface area contributed by atoms with Gasteiger partial charge in [0.2, 0.25) is 0 Å². The van der Waals surface area contributed by atoms with Gasteiger partial charge in [-0.25, -0.2) is 0 Å². The quantitative estimate of drug-likeness (QED) is 0.0167. The minimum Gasteiger partial charge on any atom is -0.465 e. The summed E-state index contributed by atoms with van der Waals surface area (Å²) in [6, 6.07) is 0. The fourth-order valence-electron chi connectivity index (χ4n) is 5.55. The number of carbonyl (C=O) groups is 2. The Balaban J connectivity index is 3.77. The first-order valence-corrected chi connectivity index (χ1v) is 19.8. The third-order valence-electron chi connectivity index (χ3n) is 8.65. The first-order valence-electron chi connectivity index (χ1n) is 19.8. The molecule has 0 atom stereocenters. The molecule has 0 aromatic rings. The molecule has 7 heteroatoms. The van der Waals surface area contributed by atoms with Crippen LogP contribution in [0.3, 0.4) is 0 Å². The molecule has 0 aliphatic heterocycles. The SMILES string of the molecule is CCCCCCCC/C=C\CCCCCCCC(=O)OCC(CN=[N+]=[N-])COC(=O)CCCCCCC/C=C\CCCCCCCC. The lowest BCUT2D eigenvalue weighted by atomic mass is 10.1. The first-order chi connectivity index (χ1) is 23.1. The summed E-state index contributed by atoms with van der Waals surface area (Å²) in [4.78, 5) is 27.2. The van der Waals surface area contributed by atoms with E-state index in [9.17, 15) is 9.59 Å². The van der Waals surface area contributed by atoms with Crippen LogP contribution in [0.25, 0.3) is 10.4 Å². The molecule has 0 aliphatic rings. The normalized spacial score (nSPS) is 11.5. The van der Waals surface area contributed by atoms with Crippen molar-refractivity contribution in [3.05, 3.63) is 34.7 Å². The van der Waals surface area contributed by atoms with Gasteiger partial charge in [0, 0.05) is 30.2 Å². The van der Waals surface area contributed by atoms with Crippen LogP contribution in [-0.2, 0) is 19.1 Å². The minimum atomic E-state index is -0.318. The molecule has 0 heterocycles. The summed E-state index contributed by atoms with van der Waals surface area (Å²) in [6.07, 6.45) is 41.7. The van der Waals surface area contributed by atoms with E-state index in [2.05, 4.69) is 48.2 Å². The lowest BCUT2D eigenvalue weighted by molar-refractivity contribution is -0.148. The van der Waals surface area contributed by atoms with E-state index in [4.69, 9.17) is 15.0 Å². The number of hydrogen-bond donors (Lipinski definition) is 0. The molecule has 0 saturated carbocycles. The Bertz CT molecular complexity index is 751. The van der Waals surface area contributed by atoms with Gasteiger partial charge in [-0.15, -0.1) is 0 Å². The lowest BCUT2D eigenvalue weighted by Gasteiger charge is -2.15. The Kier molecular flexibility index (Phi) is 36.3. The van der Waals surface area contributed by atoms with Gasteiger partial charge in [-0.05, 0) is 69.7 Å². The highest BCUT2D eigenvalue weighted by Crippen LogP contribution is 2.13. The summed E-state index contributed by atoms with van der Waals surface area (Å²) in [6.45, 7) is 4.85. The molecule has 0 saturated heterocycles. The fourth-order valence-corrected chi connectivity index (χ4v) is 5.55. The van der Waals surface area contributed by atoms with Crippen LogP contribution < -0.4 is 0 Å². The number of allylic oxidation sites excluding steroid dienone is 4. The van der Waals surface area contributed by atoms with Gasteiger partial charge >= 0.3 is 11.9 Å². The Hall–Kier alpha value is -2.27. The number of nitrogens with zero attached hydrogens (tertiary/aromatic N) is 3. The molecule has 0 amide bonds. The number of unbranched alkanes of at least 4 members (excludes halogenated alkanes) is 22. The predicted octanol–water partition coefficient (Wildman–Crippen LogP) is 13.1. The Morgan fingerprint density at radius 2 is 0.851 bits per heavy atom.